The van der Waals surface area contributed by atoms with E-state index >= 15 is 0 Å². The molecule has 1 aliphatic rings. The number of carbonyl (C=O) groups excluding carboxylic acids is 1. The molecule has 1 saturated heterocycles. The number of ether oxygens (including phenoxy) is 1. The number of halogens is 1. The van der Waals surface area contributed by atoms with E-state index in [-0.39, 0.29) is 36.1 Å². The molecule has 6 nitrogen and oxygen atoms in total. The van der Waals surface area contributed by atoms with Gasteiger partial charge in [0.25, 0.3) is 0 Å². The molecular weight excluding hydrogens is 407 g/mol. The second kappa shape index (κ2) is 10.2. The highest BCUT2D eigenvalue weighted by Crippen LogP contribution is 2.12. The number of nitrogens with zero attached hydrogens (tertiary/aromatic N) is 3. The van der Waals surface area contributed by atoms with Crippen molar-refractivity contribution in [3.8, 4) is 0 Å². The highest BCUT2D eigenvalue weighted by atomic mass is 127. The molecular formula is C16H33IN4O2. The smallest absolute Gasteiger partial charge is 0.410 e. The molecule has 0 bridgehead atoms. The fraction of sp³-hybridized carbons (Fsp3) is 0.875. The fourth-order valence-electron chi connectivity index (χ4n) is 2.36. The number of amides is 1. The zero-order valence-electron chi connectivity index (χ0n) is 15.4. The lowest BCUT2D eigenvalue weighted by Gasteiger charge is -2.29. The van der Waals surface area contributed by atoms with Crippen LogP contribution in [0.3, 0.4) is 0 Å². The molecule has 1 fully saturated rings. The minimum Gasteiger partial charge on any atom is -0.444 e. The average molecular weight is 440 g/mol. The van der Waals surface area contributed by atoms with Gasteiger partial charge < -0.3 is 19.9 Å². The first kappa shape index (κ1) is 22.3. The van der Waals surface area contributed by atoms with Crippen molar-refractivity contribution in [3.05, 3.63) is 0 Å². The maximum atomic E-state index is 12.0. The van der Waals surface area contributed by atoms with Gasteiger partial charge in [-0.1, -0.05) is 0 Å². The maximum absolute atomic E-state index is 12.0. The van der Waals surface area contributed by atoms with Crippen LogP contribution in [0.4, 0.5) is 4.79 Å². The number of guanidine groups is 1. The first-order chi connectivity index (χ1) is 10.2. The van der Waals surface area contributed by atoms with Gasteiger partial charge in [0.2, 0.25) is 0 Å². The van der Waals surface area contributed by atoms with Crippen molar-refractivity contribution in [2.24, 2.45) is 4.99 Å². The molecule has 1 N–H and O–H groups in total. The largest absolute Gasteiger partial charge is 0.444 e. The summed E-state index contributed by atoms with van der Waals surface area (Å²) >= 11 is 0. The standard InChI is InChI=1S/C16H32N4O2.HI/c1-13(19(6)15(21)22-16(2,3)4)9-10-18-14(17-5)20-11-7-8-12-20;/h13H,7-12H2,1-6H3,(H,17,18);1H. The first-order valence-corrected chi connectivity index (χ1v) is 8.16. The zero-order valence-corrected chi connectivity index (χ0v) is 17.7. The third-order valence-electron chi connectivity index (χ3n) is 3.81. The molecule has 1 unspecified atom stereocenters. The van der Waals surface area contributed by atoms with Gasteiger partial charge in [0.1, 0.15) is 5.60 Å². The molecule has 0 spiro atoms. The molecule has 1 aliphatic heterocycles. The van der Waals surface area contributed by atoms with Gasteiger partial charge in [-0.3, -0.25) is 4.99 Å². The van der Waals surface area contributed by atoms with E-state index in [0.29, 0.717) is 0 Å². The van der Waals surface area contributed by atoms with Crippen LogP contribution in [-0.2, 0) is 4.74 Å². The Morgan fingerprint density at radius 3 is 2.39 bits per heavy atom. The van der Waals surface area contributed by atoms with Crippen LogP contribution < -0.4 is 5.32 Å². The summed E-state index contributed by atoms with van der Waals surface area (Å²) in [5.74, 6) is 0.963. The molecule has 0 aromatic heterocycles. The van der Waals surface area contributed by atoms with Gasteiger partial charge >= 0.3 is 6.09 Å². The summed E-state index contributed by atoms with van der Waals surface area (Å²) in [6.45, 7) is 10.6. The Kier molecular flexibility index (Phi) is 9.88. The number of aliphatic imine (C=N–C) groups is 1. The van der Waals surface area contributed by atoms with Crippen molar-refractivity contribution in [3.63, 3.8) is 0 Å². The molecule has 7 heteroatoms. The van der Waals surface area contributed by atoms with Crippen molar-refractivity contribution in [1.29, 1.82) is 0 Å². The molecule has 1 rings (SSSR count). The quantitative estimate of drug-likeness (QED) is 0.415. The first-order valence-electron chi connectivity index (χ1n) is 8.16. The number of likely N-dealkylation sites (tertiary alicyclic amines) is 1. The van der Waals surface area contributed by atoms with Crippen LogP contribution >= 0.6 is 24.0 Å². The summed E-state index contributed by atoms with van der Waals surface area (Å²) in [7, 11) is 3.60. The van der Waals surface area contributed by atoms with Gasteiger partial charge in [0.05, 0.1) is 0 Å². The van der Waals surface area contributed by atoms with Gasteiger partial charge in [-0.15, -0.1) is 24.0 Å². The zero-order chi connectivity index (χ0) is 16.8. The van der Waals surface area contributed by atoms with Gasteiger partial charge in [-0.2, -0.15) is 0 Å². The summed E-state index contributed by atoms with van der Waals surface area (Å²) in [5, 5.41) is 3.38. The molecule has 1 atom stereocenters. The Labute approximate surface area is 158 Å². The molecule has 0 aromatic rings. The summed E-state index contributed by atoms with van der Waals surface area (Å²) in [5.41, 5.74) is -0.457. The van der Waals surface area contributed by atoms with Gasteiger partial charge in [-0.05, 0) is 47.0 Å². The fourth-order valence-corrected chi connectivity index (χ4v) is 2.36. The van der Waals surface area contributed by atoms with Crippen molar-refractivity contribution in [2.75, 3.05) is 33.7 Å². The van der Waals surface area contributed by atoms with Crippen LogP contribution in [0.2, 0.25) is 0 Å². The Morgan fingerprint density at radius 2 is 1.91 bits per heavy atom. The van der Waals surface area contributed by atoms with E-state index in [1.54, 1.807) is 11.9 Å². The van der Waals surface area contributed by atoms with E-state index in [1.807, 2.05) is 34.7 Å². The monoisotopic (exact) mass is 440 g/mol. The van der Waals surface area contributed by atoms with Gasteiger partial charge in [0.15, 0.2) is 5.96 Å². The van der Waals surface area contributed by atoms with Crippen LogP contribution in [0.15, 0.2) is 4.99 Å². The minimum atomic E-state index is -0.457. The minimum absolute atomic E-state index is 0. The molecule has 23 heavy (non-hydrogen) atoms. The van der Waals surface area contributed by atoms with Crippen molar-refractivity contribution < 1.29 is 9.53 Å². The number of nitrogens with one attached hydrogen (secondary N) is 1. The lowest BCUT2D eigenvalue weighted by atomic mass is 10.2. The molecule has 1 heterocycles. The van der Waals surface area contributed by atoms with Crippen molar-refractivity contribution in [1.82, 2.24) is 15.1 Å². The summed E-state index contributed by atoms with van der Waals surface area (Å²) in [4.78, 5) is 20.3. The Bertz CT molecular complexity index is 390. The lowest BCUT2D eigenvalue weighted by molar-refractivity contribution is 0.0230. The third kappa shape index (κ3) is 8.08. The molecule has 1 amide bonds. The summed E-state index contributed by atoms with van der Waals surface area (Å²) in [6, 6.07) is 0.110. The van der Waals surface area contributed by atoms with Crippen LogP contribution in [0, 0.1) is 0 Å². The van der Waals surface area contributed by atoms with Crippen molar-refractivity contribution >= 4 is 36.0 Å². The molecule has 0 saturated carbocycles. The third-order valence-corrected chi connectivity index (χ3v) is 3.81. The van der Waals surface area contributed by atoms with Crippen LogP contribution in [0.1, 0.15) is 47.0 Å². The van der Waals surface area contributed by atoms with E-state index in [4.69, 9.17) is 4.74 Å². The maximum Gasteiger partial charge on any atom is 0.410 e. The lowest BCUT2D eigenvalue weighted by Crippen LogP contribution is -2.43. The highest BCUT2D eigenvalue weighted by Gasteiger charge is 2.23. The number of rotatable bonds is 4. The predicted molar refractivity (Wildman–Crippen MR) is 106 cm³/mol. The molecule has 136 valence electrons. The second-order valence-electron chi connectivity index (χ2n) is 6.90. The SMILES string of the molecule is CN=C(NCCC(C)N(C)C(=O)OC(C)(C)C)N1CCCC1.I. The number of hydrogen-bond acceptors (Lipinski definition) is 3. The Balaban J connectivity index is 0.00000484. The van der Waals surface area contributed by atoms with Crippen molar-refractivity contribution in [2.45, 2.75) is 58.6 Å². The topological polar surface area (TPSA) is 57.2 Å². The Morgan fingerprint density at radius 1 is 1.35 bits per heavy atom. The normalized spacial score (nSPS) is 16.6. The van der Waals surface area contributed by atoms with Crippen LogP contribution in [0.25, 0.3) is 0 Å². The molecule has 0 radical (unpaired) electrons. The second-order valence-corrected chi connectivity index (χ2v) is 6.90. The Hall–Kier alpha value is -0.730. The molecule has 0 aromatic carbocycles. The van der Waals surface area contributed by atoms with E-state index in [2.05, 4.69) is 15.2 Å². The van der Waals surface area contributed by atoms with E-state index in [9.17, 15) is 4.79 Å². The van der Waals surface area contributed by atoms with Crippen LogP contribution in [-0.4, -0.2) is 67.2 Å². The van der Waals surface area contributed by atoms with E-state index in [0.717, 1.165) is 32.0 Å². The van der Waals surface area contributed by atoms with E-state index < -0.39 is 5.60 Å². The summed E-state index contributed by atoms with van der Waals surface area (Å²) < 4.78 is 5.39. The molecule has 0 aliphatic carbocycles. The number of hydrogen-bond donors (Lipinski definition) is 1. The van der Waals surface area contributed by atoms with E-state index in [1.165, 1.54) is 12.8 Å². The van der Waals surface area contributed by atoms with Crippen LogP contribution in [0.5, 0.6) is 0 Å². The van der Waals surface area contributed by atoms with Gasteiger partial charge in [-0.25, -0.2) is 4.79 Å². The highest BCUT2D eigenvalue weighted by molar-refractivity contribution is 14.0. The summed E-state index contributed by atoms with van der Waals surface area (Å²) in [6.07, 6.45) is 3.04. The number of carbonyl (C=O) groups is 1. The predicted octanol–water partition coefficient (Wildman–Crippen LogP) is 2.92. The average Bonchev–Trinajstić information content (AvgIpc) is 2.94. The van der Waals surface area contributed by atoms with Gasteiger partial charge in [0, 0.05) is 39.8 Å².